The molecule has 1 aromatic carbocycles. The number of nitrogens with one attached hydrogen (secondary N) is 1. The average molecular weight is 374 g/mol. The molecule has 2 heterocycles. The van der Waals surface area contributed by atoms with Crippen molar-refractivity contribution in [2.75, 3.05) is 18.8 Å². The minimum atomic E-state index is -0.677. The number of amides is 4. The Hall–Kier alpha value is -2.81. The smallest absolute Gasteiger partial charge is 0.352 e. The highest BCUT2D eigenvalue weighted by molar-refractivity contribution is 8.00. The van der Waals surface area contributed by atoms with Gasteiger partial charge >= 0.3 is 6.03 Å². The lowest BCUT2D eigenvalue weighted by Crippen LogP contribution is -2.48. The summed E-state index contributed by atoms with van der Waals surface area (Å²) in [4.78, 5) is 45.7. The van der Waals surface area contributed by atoms with Crippen LogP contribution in [0.4, 0.5) is 9.18 Å². The van der Waals surface area contributed by atoms with Gasteiger partial charge in [-0.2, -0.15) is 4.99 Å². The molecule has 0 saturated heterocycles. The minimum absolute atomic E-state index is 0.0372. The fourth-order valence-corrected chi connectivity index (χ4v) is 3.13. The molecule has 0 aromatic heterocycles. The van der Waals surface area contributed by atoms with Gasteiger partial charge in [0.1, 0.15) is 17.6 Å². The number of hydrogen-bond acceptors (Lipinski definition) is 5. The van der Waals surface area contributed by atoms with Gasteiger partial charge in [-0.05, 0) is 30.3 Å². The molecule has 1 aromatic rings. The van der Waals surface area contributed by atoms with Crippen LogP contribution in [-0.4, -0.2) is 53.6 Å². The van der Waals surface area contributed by atoms with Gasteiger partial charge in [0.25, 0.3) is 0 Å². The van der Waals surface area contributed by atoms with E-state index in [1.54, 1.807) is 24.3 Å². The van der Waals surface area contributed by atoms with Crippen molar-refractivity contribution in [1.82, 2.24) is 10.2 Å². The van der Waals surface area contributed by atoms with E-state index in [1.165, 1.54) is 30.1 Å². The minimum Gasteiger partial charge on any atom is -0.354 e. The van der Waals surface area contributed by atoms with Gasteiger partial charge in [0.05, 0.1) is 5.75 Å². The lowest BCUT2D eigenvalue weighted by atomic mass is 10.0. The van der Waals surface area contributed by atoms with Crippen molar-refractivity contribution in [2.24, 2.45) is 15.9 Å². The number of carbonyl (C=O) groups is 3. The Kier molecular flexibility index (Phi) is 5.57. The molecule has 1 N–H and O–H groups in total. The highest BCUT2D eigenvalue weighted by atomic mass is 32.2. The second-order valence-corrected chi connectivity index (χ2v) is 6.52. The zero-order chi connectivity index (χ0) is 18.5. The molecule has 2 aliphatic rings. The standard InChI is InChI=1S/C17H15FN4O3S/c18-11-3-5-12(6-4-11)26-10-14(23)19-8-9-22-16(24)13-2-1-7-20-15(13)21-17(22)25/h1-7,13H,8-10H2,(H,19,23). The molecule has 1 unspecified atom stereocenters. The SMILES string of the molecule is O=C(CSc1ccc(F)cc1)NCCN1C(=O)N=C2N=CC=CC2C1=O. The zero-order valence-corrected chi connectivity index (χ0v) is 14.4. The van der Waals surface area contributed by atoms with E-state index in [0.29, 0.717) is 0 Å². The van der Waals surface area contributed by atoms with Crippen LogP contribution in [0.25, 0.3) is 0 Å². The van der Waals surface area contributed by atoms with Crippen LogP contribution in [0.5, 0.6) is 0 Å². The van der Waals surface area contributed by atoms with E-state index in [1.807, 2.05) is 0 Å². The van der Waals surface area contributed by atoms with Gasteiger partial charge in [-0.25, -0.2) is 14.2 Å². The average Bonchev–Trinajstić information content (AvgIpc) is 2.64. The number of imide groups is 1. The first kappa shape index (κ1) is 18.0. The van der Waals surface area contributed by atoms with Crippen LogP contribution in [0.15, 0.2) is 51.3 Å². The maximum Gasteiger partial charge on any atom is 0.352 e. The van der Waals surface area contributed by atoms with Gasteiger partial charge in [0, 0.05) is 24.2 Å². The van der Waals surface area contributed by atoms with E-state index in [2.05, 4.69) is 15.3 Å². The van der Waals surface area contributed by atoms with Crippen LogP contribution in [-0.2, 0) is 9.59 Å². The molecule has 26 heavy (non-hydrogen) atoms. The molecule has 0 spiro atoms. The fraction of sp³-hybridized carbons (Fsp3) is 0.235. The first-order valence-corrected chi connectivity index (χ1v) is 8.83. The number of allylic oxidation sites excluding steroid dienone is 1. The third-order valence-corrected chi connectivity index (χ3v) is 4.70. The number of carbonyl (C=O) groups excluding carboxylic acids is 3. The predicted octanol–water partition coefficient (Wildman–Crippen LogP) is 1.65. The molecule has 3 rings (SSSR count). The van der Waals surface area contributed by atoms with Crippen LogP contribution in [0, 0.1) is 11.7 Å². The van der Waals surface area contributed by atoms with Crippen molar-refractivity contribution >= 4 is 41.7 Å². The Morgan fingerprint density at radius 2 is 2.04 bits per heavy atom. The summed E-state index contributed by atoms with van der Waals surface area (Å²) < 4.78 is 12.8. The van der Waals surface area contributed by atoms with E-state index < -0.39 is 17.9 Å². The fourth-order valence-electron chi connectivity index (χ4n) is 2.40. The van der Waals surface area contributed by atoms with E-state index in [9.17, 15) is 18.8 Å². The third-order valence-electron chi connectivity index (χ3n) is 3.69. The molecule has 4 amide bonds. The number of nitrogens with zero attached hydrogens (tertiary/aromatic N) is 3. The van der Waals surface area contributed by atoms with E-state index in [0.717, 1.165) is 9.80 Å². The molecule has 0 fully saturated rings. The third kappa shape index (κ3) is 4.23. The van der Waals surface area contributed by atoms with Crippen LogP contribution in [0.1, 0.15) is 0 Å². The molecule has 9 heteroatoms. The van der Waals surface area contributed by atoms with Crippen LogP contribution in [0.3, 0.4) is 0 Å². The summed E-state index contributed by atoms with van der Waals surface area (Å²) in [5, 5.41) is 2.65. The predicted molar refractivity (Wildman–Crippen MR) is 95.8 cm³/mol. The van der Waals surface area contributed by atoms with Crippen LogP contribution in [0.2, 0.25) is 0 Å². The zero-order valence-electron chi connectivity index (χ0n) is 13.6. The maximum absolute atomic E-state index is 12.8. The molecule has 0 saturated carbocycles. The number of hydrogen-bond donors (Lipinski definition) is 1. The second kappa shape index (κ2) is 8.05. The summed E-state index contributed by atoms with van der Waals surface area (Å²) in [6, 6.07) is 5.16. The molecule has 2 aliphatic heterocycles. The Labute approximate surface area is 153 Å². The molecular formula is C17H15FN4O3S. The topological polar surface area (TPSA) is 91.2 Å². The van der Waals surface area contributed by atoms with Crippen molar-refractivity contribution in [3.63, 3.8) is 0 Å². The van der Waals surface area contributed by atoms with Crippen molar-refractivity contribution in [3.8, 4) is 0 Å². The van der Waals surface area contributed by atoms with Gasteiger partial charge in [0.2, 0.25) is 11.8 Å². The van der Waals surface area contributed by atoms with Crippen molar-refractivity contribution in [2.45, 2.75) is 4.90 Å². The van der Waals surface area contributed by atoms with Gasteiger partial charge in [-0.3, -0.25) is 14.5 Å². The highest BCUT2D eigenvalue weighted by Crippen LogP contribution is 2.19. The van der Waals surface area contributed by atoms with Crippen molar-refractivity contribution in [3.05, 3.63) is 42.2 Å². The highest BCUT2D eigenvalue weighted by Gasteiger charge is 2.36. The molecule has 134 valence electrons. The molecule has 7 nitrogen and oxygen atoms in total. The van der Waals surface area contributed by atoms with Crippen LogP contribution < -0.4 is 5.32 Å². The monoisotopic (exact) mass is 374 g/mol. The number of amidine groups is 1. The number of urea groups is 1. The number of fused-ring (bicyclic) bond motifs is 1. The molecule has 1 atom stereocenters. The Bertz CT molecular complexity index is 820. The quantitative estimate of drug-likeness (QED) is 0.767. The number of dihydropyridines is 1. The summed E-state index contributed by atoms with van der Waals surface area (Å²) in [5.41, 5.74) is 0. The number of rotatable bonds is 6. The summed E-state index contributed by atoms with van der Waals surface area (Å²) in [7, 11) is 0. The summed E-state index contributed by atoms with van der Waals surface area (Å²) in [5.74, 6) is -1.29. The normalized spacial score (nSPS) is 18.6. The van der Waals surface area contributed by atoms with E-state index in [4.69, 9.17) is 0 Å². The number of benzene rings is 1. The summed E-state index contributed by atoms with van der Waals surface area (Å²) >= 11 is 1.27. The van der Waals surface area contributed by atoms with Gasteiger partial charge in [-0.15, -0.1) is 11.8 Å². The van der Waals surface area contributed by atoms with Crippen LogP contribution >= 0.6 is 11.8 Å². The first-order valence-electron chi connectivity index (χ1n) is 7.84. The molecule has 0 radical (unpaired) electrons. The molecule has 0 aliphatic carbocycles. The lowest BCUT2D eigenvalue weighted by molar-refractivity contribution is -0.129. The lowest BCUT2D eigenvalue weighted by Gasteiger charge is -2.27. The second-order valence-electron chi connectivity index (χ2n) is 5.48. The molecule has 0 bridgehead atoms. The van der Waals surface area contributed by atoms with Crippen molar-refractivity contribution in [1.29, 1.82) is 0 Å². The molecular weight excluding hydrogens is 359 g/mol. The largest absolute Gasteiger partial charge is 0.354 e. The van der Waals surface area contributed by atoms with E-state index in [-0.39, 0.29) is 36.4 Å². The summed E-state index contributed by atoms with van der Waals surface area (Å²) in [6.45, 7) is 0.167. The van der Waals surface area contributed by atoms with Crippen molar-refractivity contribution < 1.29 is 18.8 Å². The number of aliphatic imine (C=N–C) groups is 2. The number of thioether (sulfide) groups is 1. The first-order chi connectivity index (χ1) is 12.5. The summed E-state index contributed by atoms with van der Waals surface area (Å²) in [6.07, 6.45) is 4.74. The Morgan fingerprint density at radius 3 is 2.81 bits per heavy atom. The van der Waals surface area contributed by atoms with Gasteiger partial charge < -0.3 is 5.32 Å². The number of halogens is 1. The van der Waals surface area contributed by atoms with Gasteiger partial charge in [-0.1, -0.05) is 6.08 Å². The Morgan fingerprint density at radius 1 is 1.27 bits per heavy atom. The van der Waals surface area contributed by atoms with Gasteiger partial charge in [0.15, 0.2) is 0 Å². The van der Waals surface area contributed by atoms with E-state index >= 15 is 0 Å². The maximum atomic E-state index is 12.8. The Balaban J connectivity index is 1.46.